The maximum absolute atomic E-state index is 10.6. The van der Waals surface area contributed by atoms with Crippen molar-refractivity contribution in [3.05, 3.63) is 11.8 Å². The van der Waals surface area contributed by atoms with Crippen LogP contribution < -0.4 is 0 Å². The van der Waals surface area contributed by atoms with E-state index in [1.54, 1.807) is 0 Å². The zero-order valence-corrected chi connectivity index (χ0v) is 9.34. The van der Waals surface area contributed by atoms with Gasteiger partial charge in [0.25, 0.3) is 0 Å². The number of aliphatic hydroxyl groups is 1. The highest BCUT2D eigenvalue weighted by Gasteiger charge is 2.51. The van der Waals surface area contributed by atoms with Crippen LogP contribution in [-0.2, 0) is 4.74 Å². The monoisotopic (exact) mass is 196 g/mol. The fourth-order valence-electron chi connectivity index (χ4n) is 3.02. The number of rotatable bonds is 1. The minimum Gasteiger partial charge on any atom is -0.495 e. The second kappa shape index (κ2) is 2.99. The highest BCUT2D eigenvalue weighted by molar-refractivity contribution is 5.19. The van der Waals surface area contributed by atoms with E-state index in [1.165, 1.54) is 0 Å². The molecule has 2 nitrogen and oxygen atoms in total. The van der Waals surface area contributed by atoms with E-state index in [-0.39, 0.29) is 5.41 Å². The van der Waals surface area contributed by atoms with Crippen molar-refractivity contribution in [1.82, 2.24) is 0 Å². The molecule has 1 fully saturated rings. The molecular weight excluding hydrogens is 176 g/mol. The lowest BCUT2D eigenvalue weighted by Crippen LogP contribution is -2.34. The van der Waals surface area contributed by atoms with Crippen LogP contribution in [0.5, 0.6) is 0 Å². The number of ether oxygens (including phenoxy) is 1. The molecule has 1 heterocycles. The van der Waals surface area contributed by atoms with Crippen molar-refractivity contribution in [3.8, 4) is 0 Å². The van der Waals surface area contributed by atoms with Gasteiger partial charge in [-0.2, -0.15) is 0 Å². The highest BCUT2D eigenvalue weighted by Crippen LogP contribution is 2.51. The Bertz CT molecular complexity index is 267. The lowest BCUT2D eigenvalue weighted by Gasteiger charge is -2.29. The van der Waals surface area contributed by atoms with Gasteiger partial charge in [0, 0.05) is 6.42 Å². The normalized spacial score (nSPS) is 40.9. The minimum absolute atomic E-state index is 0.237. The Labute approximate surface area is 86.0 Å². The molecule has 80 valence electrons. The van der Waals surface area contributed by atoms with E-state index >= 15 is 0 Å². The first-order valence-electron chi connectivity index (χ1n) is 5.50. The molecule has 1 N–H and O–H groups in total. The van der Waals surface area contributed by atoms with E-state index < -0.39 is 5.60 Å². The zero-order chi connectivity index (χ0) is 10.4. The van der Waals surface area contributed by atoms with Gasteiger partial charge in [-0.1, -0.05) is 20.8 Å². The fourth-order valence-corrected chi connectivity index (χ4v) is 3.02. The molecule has 1 saturated carbocycles. The van der Waals surface area contributed by atoms with Crippen LogP contribution in [-0.4, -0.2) is 17.3 Å². The predicted octanol–water partition coefficient (Wildman–Crippen LogP) is 2.48. The second-order valence-corrected chi connectivity index (χ2v) is 5.58. The molecule has 2 unspecified atom stereocenters. The summed E-state index contributed by atoms with van der Waals surface area (Å²) in [6, 6.07) is 0. The summed E-state index contributed by atoms with van der Waals surface area (Å²) in [5.41, 5.74) is -0.457. The first-order chi connectivity index (χ1) is 6.44. The Kier molecular flexibility index (Phi) is 2.15. The third-order valence-electron chi connectivity index (χ3n) is 3.55. The third kappa shape index (κ3) is 1.46. The van der Waals surface area contributed by atoms with Gasteiger partial charge in [-0.05, 0) is 30.3 Å². The van der Waals surface area contributed by atoms with Gasteiger partial charge < -0.3 is 9.84 Å². The van der Waals surface area contributed by atoms with Crippen LogP contribution in [0, 0.1) is 11.3 Å². The van der Waals surface area contributed by atoms with Gasteiger partial charge in [-0.15, -0.1) is 0 Å². The summed E-state index contributed by atoms with van der Waals surface area (Å²) < 4.78 is 5.51. The molecule has 0 radical (unpaired) electrons. The van der Waals surface area contributed by atoms with Gasteiger partial charge in [0.2, 0.25) is 0 Å². The molecule has 1 aliphatic carbocycles. The van der Waals surface area contributed by atoms with Crippen LogP contribution in [0.25, 0.3) is 0 Å². The highest BCUT2D eigenvalue weighted by atomic mass is 16.5. The smallest absolute Gasteiger partial charge is 0.124 e. The van der Waals surface area contributed by atoms with Crippen LogP contribution in [0.15, 0.2) is 11.8 Å². The van der Waals surface area contributed by atoms with Crippen molar-refractivity contribution in [2.24, 2.45) is 11.3 Å². The molecule has 0 aromatic rings. The number of hydrogen-bond donors (Lipinski definition) is 1. The van der Waals surface area contributed by atoms with Crippen molar-refractivity contribution < 1.29 is 9.84 Å². The van der Waals surface area contributed by atoms with Crippen molar-refractivity contribution in [1.29, 1.82) is 0 Å². The van der Waals surface area contributed by atoms with Gasteiger partial charge in [0.15, 0.2) is 0 Å². The SMILES string of the molecule is CC1CC(C)(C)CC1(O)C1=CCCO1. The van der Waals surface area contributed by atoms with E-state index in [0.717, 1.165) is 31.6 Å². The molecule has 0 bridgehead atoms. The topological polar surface area (TPSA) is 29.5 Å². The first-order valence-corrected chi connectivity index (χ1v) is 5.50. The van der Waals surface area contributed by atoms with Crippen LogP contribution in [0.2, 0.25) is 0 Å². The minimum atomic E-state index is -0.694. The molecule has 0 aromatic heterocycles. The van der Waals surface area contributed by atoms with E-state index in [4.69, 9.17) is 4.74 Å². The van der Waals surface area contributed by atoms with Crippen molar-refractivity contribution in [2.75, 3.05) is 6.61 Å². The zero-order valence-electron chi connectivity index (χ0n) is 9.34. The molecule has 0 saturated heterocycles. The van der Waals surface area contributed by atoms with Crippen LogP contribution in [0.4, 0.5) is 0 Å². The maximum Gasteiger partial charge on any atom is 0.124 e. The largest absolute Gasteiger partial charge is 0.495 e. The van der Waals surface area contributed by atoms with Gasteiger partial charge in [0.1, 0.15) is 11.4 Å². The number of hydrogen-bond acceptors (Lipinski definition) is 2. The van der Waals surface area contributed by atoms with Gasteiger partial charge in [0.05, 0.1) is 6.61 Å². The molecular formula is C12H20O2. The summed E-state index contributed by atoms with van der Waals surface area (Å²) in [5, 5.41) is 10.6. The maximum atomic E-state index is 10.6. The molecule has 2 atom stereocenters. The fraction of sp³-hybridized carbons (Fsp3) is 0.833. The van der Waals surface area contributed by atoms with Gasteiger partial charge in [-0.3, -0.25) is 0 Å². The second-order valence-electron chi connectivity index (χ2n) is 5.58. The van der Waals surface area contributed by atoms with Crippen LogP contribution in [0.1, 0.15) is 40.0 Å². The van der Waals surface area contributed by atoms with Crippen molar-refractivity contribution >= 4 is 0 Å². The van der Waals surface area contributed by atoms with E-state index in [1.807, 2.05) is 0 Å². The van der Waals surface area contributed by atoms with E-state index in [2.05, 4.69) is 26.8 Å². The molecule has 0 spiro atoms. The Hall–Kier alpha value is -0.500. The summed E-state index contributed by atoms with van der Waals surface area (Å²) >= 11 is 0. The first kappa shape index (κ1) is 10.0. The Morgan fingerprint density at radius 3 is 2.64 bits per heavy atom. The molecule has 0 aromatic carbocycles. The average Bonchev–Trinajstić information content (AvgIpc) is 2.58. The molecule has 2 aliphatic rings. The summed E-state index contributed by atoms with van der Waals surface area (Å²) in [6.07, 6.45) is 4.90. The Balaban J connectivity index is 2.23. The lowest BCUT2D eigenvalue weighted by molar-refractivity contribution is -0.0101. The summed E-state index contributed by atoms with van der Waals surface area (Å²) in [6.45, 7) is 7.30. The Morgan fingerprint density at radius 2 is 2.21 bits per heavy atom. The average molecular weight is 196 g/mol. The molecule has 0 amide bonds. The summed E-state index contributed by atoms with van der Waals surface area (Å²) in [4.78, 5) is 0. The predicted molar refractivity (Wildman–Crippen MR) is 55.8 cm³/mol. The van der Waals surface area contributed by atoms with E-state index in [9.17, 15) is 5.11 Å². The molecule has 2 rings (SSSR count). The summed E-state index contributed by atoms with van der Waals surface area (Å²) in [7, 11) is 0. The van der Waals surface area contributed by atoms with Gasteiger partial charge >= 0.3 is 0 Å². The van der Waals surface area contributed by atoms with Gasteiger partial charge in [-0.25, -0.2) is 0 Å². The lowest BCUT2D eigenvalue weighted by atomic mass is 9.88. The van der Waals surface area contributed by atoms with Crippen LogP contribution >= 0.6 is 0 Å². The van der Waals surface area contributed by atoms with Crippen molar-refractivity contribution in [2.45, 2.75) is 45.6 Å². The third-order valence-corrected chi connectivity index (χ3v) is 3.55. The molecule has 14 heavy (non-hydrogen) atoms. The van der Waals surface area contributed by atoms with Crippen LogP contribution in [0.3, 0.4) is 0 Å². The van der Waals surface area contributed by atoms with Crippen molar-refractivity contribution in [3.63, 3.8) is 0 Å². The molecule has 1 aliphatic heterocycles. The Morgan fingerprint density at radius 1 is 1.50 bits per heavy atom. The molecule has 2 heteroatoms. The quantitative estimate of drug-likeness (QED) is 0.698. The summed E-state index contributed by atoms with van der Waals surface area (Å²) in [5.74, 6) is 1.14. The van der Waals surface area contributed by atoms with E-state index in [0.29, 0.717) is 5.92 Å². The standard InChI is InChI=1S/C12H20O2/c1-9-7-11(2,3)8-12(9,13)10-5-4-6-14-10/h5,9,13H,4,6-8H2,1-3H3.